The summed E-state index contributed by atoms with van der Waals surface area (Å²) in [4.78, 5) is 33.9. The lowest BCUT2D eigenvalue weighted by Gasteiger charge is -2.09. The molecule has 0 radical (unpaired) electrons. The van der Waals surface area contributed by atoms with E-state index in [1.165, 1.54) is 20.6 Å². The molecule has 1 aliphatic rings. The number of fused-ring (bicyclic) bond motifs is 3. The SMILES string of the molecule is Cc1cc(C(=O)Cn2cnc3sc4c(c3c2=O)CCC4)c(C)n1Cc1cccs1. The third-order valence-corrected chi connectivity index (χ3v) is 7.83. The van der Waals surface area contributed by atoms with Crippen LogP contribution in [-0.4, -0.2) is 19.9 Å². The number of ketones is 1. The number of hydrogen-bond acceptors (Lipinski definition) is 5. The van der Waals surface area contributed by atoms with E-state index < -0.39 is 0 Å². The highest BCUT2D eigenvalue weighted by atomic mass is 32.1. The maximum atomic E-state index is 13.1. The van der Waals surface area contributed by atoms with Crippen LogP contribution < -0.4 is 5.56 Å². The van der Waals surface area contributed by atoms with E-state index in [9.17, 15) is 9.59 Å². The topological polar surface area (TPSA) is 56.9 Å². The lowest BCUT2D eigenvalue weighted by Crippen LogP contribution is -2.25. The first-order valence-corrected chi connectivity index (χ1v) is 11.4. The van der Waals surface area contributed by atoms with Crippen molar-refractivity contribution in [2.45, 2.75) is 46.2 Å². The summed E-state index contributed by atoms with van der Waals surface area (Å²) in [7, 11) is 0. The van der Waals surface area contributed by atoms with Crippen molar-refractivity contribution in [2.24, 2.45) is 0 Å². The lowest BCUT2D eigenvalue weighted by molar-refractivity contribution is 0.0970. The van der Waals surface area contributed by atoms with Gasteiger partial charge in [0.2, 0.25) is 0 Å². The Morgan fingerprint density at radius 2 is 2.14 bits per heavy atom. The van der Waals surface area contributed by atoms with Gasteiger partial charge in [0.15, 0.2) is 5.78 Å². The Morgan fingerprint density at radius 3 is 2.93 bits per heavy atom. The molecule has 4 heterocycles. The van der Waals surface area contributed by atoms with Crippen molar-refractivity contribution < 1.29 is 4.79 Å². The number of aryl methyl sites for hydroxylation is 3. The minimum atomic E-state index is -0.0878. The molecule has 29 heavy (non-hydrogen) atoms. The van der Waals surface area contributed by atoms with Crippen molar-refractivity contribution in [2.75, 3.05) is 0 Å². The molecule has 0 unspecified atom stereocenters. The van der Waals surface area contributed by atoms with Gasteiger partial charge in [0.05, 0.1) is 24.8 Å². The molecule has 0 saturated heterocycles. The number of carbonyl (C=O) groups is 1. The third-order valence-electron chi connectivity index (χ3n) is 5.77. The summed E-state index contributed by atoms with van der Waals surface area (Å²) in [5.41, 5.74) is 3.74. The Kier molecular flexibility index (Phi) is 4.52. The predicted molar refractivity (Wildman–Crippen MR) is 118 cm³/mol. The molecule has 148 valence electrons. The Hall–Kier alpha value is -2.51. The van der Waals surface area contributed by atoms with Crippen molar-refractivity contribution in [1.82, 2.24) is 14.1 Å². The summed E-state index contributed by atoms with van der Waals surface area (Å²) in [6, 6.07) is 6.08. The second-order valence-electron chi connectivity index (χ2n) is 7.59. The molecule has 5 rings (SSSR count). The van der Waals surface area contributed by atoms with Crippen molar-refractivity contribution in [1.29, 1.82) is 0 Å². The third kappa shape index (κ3) is 3.09. The maximum Gasteiger partial charge on any atom is 0.262 e. The Balaban J connectivity index is 1.47. The van der Waals surface area contributed by atoms with Gasteiger partial charge in [-0.1, -0.05) is 6.07 Å². The molecule has 0 bridgehead atoms. The molecule has 0 amide bonds. The number of carbonyl (C=O) groups excluding carboxylic acids is 1. The van der Waals surface area contributed by atoms with Crippen LogP contribution in [0.5, 0.6) is 0 Å². The average molecular weight is 424 g/mol. The van der Waals surface area contributed by atoms with E-state index in [4.69, 9.17) is 0 Å². The number of hydrogen-bond donors (Lipinski definition) is 0. The predicted octanol–water partition coefficient (Wildman–Crippen LogP) is 4.36. The number of aromatic nitrogens is 3. The van der Waals surface area contributed by atoms with Gasteiger partial charge in [0.1, 0.15) is 4.83 Å². The Labute approximate surface area is 176 Å². The quantitative estimate of drug-likeness (QED) is 0.448. The zero-order valence-corrected chi connectivity index (χ0v) is 18.0. The monoisotopic (exact) mass is 423 g/mol. The highest BCUT2D eigenvalue weighted by Crippen LogP contribution is 2.34. The summed E-state index contributed by atoms with van der Waals surface area (Å²) in [5, 5.41) is 2.78. The number of nitrogens with zero attached hydrogens (tertiary/aromatic N) is 3. The summed E-state index contributed by atoms with van der Waals surface area (Å²) in [5.74, 6) is -0.0503. The molecule has 0 fully saturated rings. The highest BCUT2D eigenvalue weighted by Gasteiger charge is 2.22. The molecule has 4 aromatic rings. The van der Waals surface area contributed by atoms with E-state index >= 15 is 0 Å². The highest BCUT2D eigenvalue weighted by molar-refractivity contribution is 7.18. The Morgan fingerprint density at radius 1 is 1.28 bits per heavy atom. The number of rotatable bonds is 5. The van der Waals surface area contributed by atoms with Crippen molar-refractivity contribution in [3.05, 3.63) is 72.5 Å². The minimum Gasteiger partial charge on any atom is -0.343 e. The lowest BCUT2D eigenvalue weighted by atomic mass is 10.1. The first-order chi connectivity index (χ1) is 14.0. The molecular weight excluding hydrogens is 402 g/mol. The van der Waals surface area contributed by atoms with E-state index in [1.54, 1.807) is 22.7 Å². The van der Waals surface area contributed by atoms with Crippen LogP contribution in [0.2, 0.25) is 0 Å². The van der Waals surface area contributed by atoms with Crippen LogP contribution in [-0.2, 0) is 25.9 Å². The molecule has 0 N–H and O–H groups in total. The molecular formula is C22H21N3O2S2. The van der Waals surface area contributed by atoms with E-state index in [2.05, 4.69) is 21.0 Å². The smallest absolute Gasteiger partial charge is 0.262 e. The van der Waals surface area contributed by atoms with Crippen molar-refractivity contribution >= 4 is 38.7 Å². The van der Waals surface area contributed by atoms with Gasteiger partial charge in [-0.15, -0.1) is 22.7 Å². The van der Waals surface area contributed by atoms with Crippen LogP contribution >= 0.6 is 22.7 Å². The molecule has 4 aromatic heterocycles. The zero-order chi connectivity index (χ0) is 20.1. The maximum absolute atomic E-state index is 13.1. The molecule has 0 saturated carbocycles. The van der Waals surface area contributed by atoms with Crippen molar-refractivity contribution in [3.63, 3.8) is 0 Å². The van der Waals surface area contributed by atoms with Crippen LogP contribution in [0.25, 0.3) is 10.2 Å². The van der Waals surface area contributed by atoms with Crippen LogP contribution in [0.15, 0.2) is 34.7 Å². The molecule has 5 nitrogen and oxygen atoms in total. The van der Waals surface area contributed by atoms with Crippen LogP contribution in [0.1, 0.15) is 43.5 Å². The molecule has 1 aliphatic carbocycles. The number of thiophene rings is 2. The van der Waals surface area contributed by atoms with Gasteiger partial charge in [0.25, 0.3) is 5.56 Å². The number of Topliss-reactive ketones (excluding diaryl/α,β-unsaturated/α-hetero) is 1. The van der Waals surface area contributed by atoms with Gasteiger partial charge in [-0.05, 0) is 56.2 Å². The van der Waals surface area contributed by atoms with Crippen LogP contribution in [0.4, 0.5) is 0 Å². The van der Waals surface area contributed by atoms with E-state index in [0.717, 1.165) is 53.0 Å². The molecule has 0 atom stereocenters. The van der Waals surface area contributed by atoms with Gasteiger partial charge in [-0.2, -0.15) is 0 Å². The Bertz CT molecular complexity index is 1290. The van der Waals surface area contributed by atoms with E-state index in [0.29, 0.717) is 5.56 Å². The summed E-state index contributed by atoms with van der Waals surface area (Å²) in [6.45, 7) is 4.78. The fourth-order valence-corrected chi connectivity index (χ4v) is 6.17. The minimum absolute atomic E-state index is 0.0235. The molecule has 0 aliphatic heterocycles. The fraction of sp³-hybridized carbons (Fsp3) is 0.318. The molecule has 7 heteroatoms. The van der Waals surface area contributed by atoms with Gasteiger partial charge < -0.3 is 4.57 Å². The molecule has 0 aromatic carbocycles. The molecule has 0 spiro atoms. The van der Waals surface area contributed by atoms with Gasteiger partial charge in [-0.25, -0.2) is 4.98 Å². The average Bonchev–Trinajstić information content (AvgIpc) is 3.45. The largest absolute Gasteiger partial charge is 0.343 e. The van der Waals surface area contributed by atoms with E-state index in [-0.39, 0.29) is 17.9 Å². The second-order valence-corrected chi connectivity index (χ2v) is 9.70. The van der Waals surface area contributed by atoms with Crippen molar-refractivity contribution in [3.8, 4) is 0 Å². The normalized spacial score (nSPS) is 13.3. The standard InChI is InChI=1S/C22H21N3O2S2/c1-13-9-17(14(2)25(13)10-15-5-4-8-28-15)18(26)11-24-12-23-21-20(22(24)27)16-6-3-7-19(16)29-21/h4-5,8-9,12H,3,6-7,10-11H2,1-2H3. The van der Waals surface area contributed by atoms with E-state index in [1.807, 2.05) is 26.0 Å². The van der Waals surface area contributed by atoms with Crippen LogP contribution in [0.3, 0.4) is 0 Å². The second kappa shape index (κ2) is 7.07. The van der Waals surface area contributed by atoms with Gasteiger partial charge in [0, 0.05) is 26.7 Å². The summed E-state index contributed by atoms with van der Waals surface area (Å²) >= 11 is 3.33. The van der Waals surface area contributed by atoms with Gasteiger partial charge >= 0.3 is 0 Å². The first kappa shape index (κ1) is 18.5. The van der Waals surface area contributed by atoms with Gasteiger partial charge in [-0.3, -0.25) is 14.2 Å². The first-order valence-electron chi connectivity index (χ1n) is 9.75. The van der Waals surface area contributed by atoms with Crippen LogP contribution in [0, 0.1) is 13.8 Å². The zero-order valence-electron chi connectivity index (χ0n) is 16.4. The summed E-state index contributed by atoms with van der Waals surface area (Å²) in [6.07, 6.45) is 4.60. The fourth-order valence-electron chi connectivity index (χ4n) is 4.26. The summed E-state index contributed by atoms with van der Waals surface area (Å²) < 4.78 is 3.64.